The molecule has 0 radical (unpaired) electrons. The molecule has 1 aromatic rings. The zero-order chi connectivity index (χ0) is 15.1. The van der Waals surface area contributed by atoms with Gasteiger partial charge in [0, 0.05) is 22.5 Å². The molecule has 2 nitrogen and oxygen atoms in total. The summed E-state index contributed by atoms with van der Waals surface area (Å²) in [6, 6.07) is 6.90. The first-order valence-corrected chi connectivity index (χ1v) is 8.94. The fraction of sp³-hybridized carbons (Fsp3) is 0.667. The van der Waals surface area contributed by atoms with Crippen molar-refractivity contribution in [1.29, 1.82) is 0 Å². The Hall–Kier alpha value is -0.540. The van der Waals surface area contributed by atoms with Gasteiger partial charge in [0.25, 0.3) is 0 Å². The van der Waals surface area contributed by atoms with Crippen molar-refractivity contribution in [3.8, 4) is 5.75 Å². The summed E-state index contributed by atoms with van der Waals surface area (Å²) in [6.07, 6.45) is 5.87. The van der Waals surface area contributed by atoms with Gasteiger partial charge in [-0.3, -0.25) is 0 Å². The first-order chi connectivity index (χ1) is 9.93. The SMILES string of the molecule is CCCNC1CC2(CCC(C)(C)C2)Oc2cc(Br)ccc21. The Morgan fingerprint density at radius 3 is 2.81 bits per heavy atom. The van der Waals surface area contributed by atoms with Crippen molar-refractivity contribution in [2.45, 2.75) is 64.5 Å². The van der Waals surface area contributed by atoms with Gasteiger partial charge in [0.05, 0.1) is 0 Å². The molecule has 3 rings (SSSR count). The first kappa shape index (κ1) is 15.4. The fourth-order valence-electron chi connectivity index (χ4n) is 4.02. The van der Waals surface area contributed by atoms with Gasteiger partial charge in [-0.1, -0.05) is 42.8 Å². The number of hydrogen-bond acceptors (Lipinski definition) is 2. The highest BCUT2D eigenvalue weighted by Gasteiger charge is 2.49. The molecule has 2 aliphatic rings. The highest BCUT2D eigenvalue weighted by Crippen LogP contribution is 2.53. The molecule has 1 heterocycles. The fourth-order valence-corrected chi connectivity index (χ4v) is 4.36. The lowest BCUT2D eigenvalue weighted by Crippen LogP contribution is -2.43. The van der Waals surface area contributed by atoms with Crippen molar-refractivity contribution < 1.29 is 4.74 Å². The van der Waals surface area contributed by atoms with E-state index in [1.165, 1.54) is 24.8 Å². The molecule has 1 aromatic carbocycles. The number of halogens is 1. The zero-order valence-electron chi connectivity index (χ0n) is 13.3. The first-order valence-electron chi connectivity index (χ1n) is 8.15. The average molecular weight is 352 g/mol. The average Bonchev–Trinajstić information content (AvgIpc) is 2.70. The Morgan fingerprint density at radius 2 is 2.14 bits per heavy atom. The number of hydrogen-bond donors (Lipinski definition) is 1. The molecular formula is C18H26BrNO. The van der Waals surface area contributed by atoms with Gasteiger partial charge in [-0.15, -0.1) is 0 Å². The topological polar surface area (TPSA) is 21.3 Å². The summed E-state index contributed by atoms with van der Waals surface area (Å²) in [5, 5.41) is 3.73. The van der Waals surface area contributed by atoms with Gasteiger partial charge in [0.2, 0.25) is 0 Å². The molecule has 21 heavy (non-hydrogen) atoms. The van der Waals surface area contributed by atoms with Crippen LogP contribution in [-0.4, -0.2) is 12.1 Å². The van der Waals surface area contributed by atoms with Crippen LogP contribution in [0.1, 0.15) is 64.5 Å². The predicted octanol–water partition coefficient (Wildman–Crippen LogP) is 5.22. The Bertz CT molecular complexity index is 528. The third-order valence-electron chi connectivity index (χ3n) is 4.95. The van der Waals surface area contributed by atoms with E-state index in [9.17, 15) is 0 Å². The predicted molar refractivity (Wildman–Crippen MR) is 90.8 cm³/mol. The zero-order valence-corrected chi connectivity index (χ0v) is 14.9. The normalized spacial score (nSPS) is 30.2. The van der Waals surface area contributed by atoms with E-state index in [1.807, 2.05) is 0 Å². The van der Waals surface area contributed by atoms with Crippen LogP contribution in [0, 0.1) is 5.41 Å². The van der Waals surface area contributed by atoms with Crippen molar-refractivity contribution in [3.63, 3.8) is 0 Å². The van der Waals surface area contributed by atoms with E-state index in [1.54, 1.807) is 0 Å². The Balaban J connectivity index is 1.92. The van der Waals surface area contributed by atoms with Gasteiger partial charge in [-0.2, -0.15) is 0 Å². The van der Waals surface area contributed by atoms with Crippen LogP contribution in [0.25, 0.3) is 0 Å². The van der Waals surface area contributed by atoms with Gasteiger partial charge in [0.1, 0.15) is 11.4 Å². The minimum absolute atomic E-state index is 0.0305. The molecule has 1 N–H and O–H groups in total. The van der Waals surface area contributed by atoms with Crippen LogP contribution in [0.15, 0.2) is 22.7 Å². The van der Waals surface area contributed by atoms with Gasteiger partial charge < -0.3 is 10.1 Å². The lowest BCUT2D eigenvalue weighted by atomic mass is 9.82. The van der Waals surface area contributed by atoms with Crippen LogP contribution < -0.4 is 10.1 Å². The monoisotopic (exact) mass is 351 g/mol. The van der Waals surface area contributed by atoms with Gasteiger partial charge in [-0.25, -0.2) is 0 Å². The van der Waals surface area contributed by atoms with Crippen molar-refractivity contribution in [2.75, 3.05) is 6.54 Å². The Morgan fingerprint density at radius 1 is 1.33 bits per heavy atom. The van der Waals surface area contributed by atoms with E-state index < -0.39 is 0 Å². The lowest BCUT2D eigenvalue weighted by molar-refractivity contribution is 0.0276. The molecule has 1 aliphatic carbocycles. The van der Waals surface area contributed by atoms with Crippen molar-refractivity contribution in [1.82, 2.24) is 5.32 Å². The smallest absolute Gasteiger partial charge is 0.126 e. The van der Waals surface area contributed by atoms with Crippen LogP contribution in [-0.2, 0) is 0 Å². The van der Waals surface area contributed by atoms with E-state index in [0.29, 0.717) is 11.5 Å². The maximum absolute atomic E-state index is 6.54. The third kappa shape index (κ3) is 3.14. The highest BCUT2D eigenvalue weighted by atomic mass is 79.9. The second-order valence-corrected chi connectivity index (χ2v) is 8.43. The number of fused-ring (bicyclic) bond motifs is 1. The van der Waals surface area contributed by atoms with Crippen LogP contribution in [0.5, 0.6) is 5.75 Å². The minimum atomic E-state index is 0.0305. The summed E-state index contributed by atoms with van der Waals surface area (Å²) in [6.45, 7) is 8.04. The van der Waals surface area contributed by atoms with E-state index >= 15 is 0 Å². The molecule has 0 amide bonds. The lowest BCUT2D eigenvalue weighted by Gasteiger charge is -2.41. The molecule has 1 aliphatic heterocycles. The van der Waals surface area contributed by atoms with E-state index in [-0.39, 0.29) is 5.60 Å². The summed E-state index contributed by atoms with van der Waals surface area (Å²) >= 11 is 3.58. The van der Waals surface area contributed by atoms with Crippen LogP contribution in [0.4, 0.5) is 0 Å². The Labute approximate surface area is 136 Å². The Kier molecular flexibility index (Phi) is 4.08. The molecule has 1 spiro atoms. The maximum Gasteiger partial charge on any atom is 0.126 e. The molecule has 0 saturated heterocycles. The van der Waals surface area contributed by atoms with Gasteiger partial charge >= 0.3 is 0 Å². The highest BCUT2D eigenvalue weighted by molar-refractivity contribution is 9.10. The van der Waals surface area contributed by atoms with Crippen molar-refractivity contribution >= 4 is 15.9 Å². The molecule has 0 bridgehead atoms. The summed E-state index contributed by atoms with van der Waals surface area (Å²) in [7, 11) is 0. The molecule has 1 fully saturated rings. The van der Waals surface area contributed by atoms with Crippen LogP contribution in [0.2, 0.25) is 0 Å². The number of rotatable bonds is 3. The molecule has 0 aromatic heterocycles. The molecule has 2 unspecified atom stereocenters. The van der Waals surface area contributed by atoms with Gasteiger partial charge in [-0.05, 0) is 49.8 Å². The number of benzene rings is 1. The van der Waals surface area contributed by atoms with Gasteiger partial charge in [0.15, 0.2) is 0 Å². The second kappa shape index (κ2) is 5.58. The van der Waals surface area contributed by atoms with Crippen LogP contribution in [0.3, 0.4) is 0 Å². The molecule has 3 heteroatoms. The maximum atomic E-state index is 6.54. The third-order valence-corrected chi connectivity index (χ3v) is 5.45. The van der Waals surface area contributed by atoms with E-state index in [0.717, 1.165) is 29.6 Å². The van der Waals surface area contributed by atoms with Crippen molar-refractivity contribution in [3.05, 3.63) is 28.2 Å². The standard InChI is InChI=1S/C18H26BrNO/c1-4-9-20-15-11-18(8-7-17(2,3)12-18)21-16-10-13(19)5-6-14(15)16/h5-6,10,15,20H,4,7-9,11-12H2,1-3H3. The summed E-state index contributed by atoms with van der Waals surface area (Å²) < 4.78 is 7.64. The molecular weight excluding hydrogens is 326 g/mol. The summed E-state index contributed by atoms with van der Waals surface area (Å²) in [4.78, 5) is 0. The number of ether oxygens (including phenoxy) is 1. The quantitative estimate of drug-likeness (QED) is 0.805. The number of nitrogens with one attached hydrogen (secondary N) is 1. The summed E-state index contributed by atoms with van der Waals surface area (Å²) in [5.41, 5.74) is 1.75. The minimum Gasteiger partial charge on any atom is -0.487 e. The van der Waals surface area contributed by atoms with E-state index in [4.69, 9.17) is 4.74 Å². The van der Waals surface area contributed by atoms with Crippen molar-refractivity contribution in [2.24, 2.45) is 5.41 Å². The largest absolute Gasteiger partial charge is 0.487 e. The molecule has 2 atom stereocenters. The molecule has 116 valence electrons. The molecule has 1 saturated carbocycles. The second-order valence-electron chi connectivity index (χ2n) is 7.52. The summed E-state index contributed by atoms with van der Waals surface area (Å²) in [5.74, 6) is 1.07. The van der Waals surface area contributed by atoms with Crippen LogP contribution >= 0.6 is 15.9 Å². The van der Waals surface area contributed by atoms with E-state index in [2.05, 4.69) is 60.2 Å².